The van der Waals surface area contributed by atoms with Crippen molar-refractivity contribution in [2.24, 2.45) is 11.8 Å². The monoisotopic (exact) mass is 385 g/mol. The van der Waals surface area contributed by atoms with E-state index in [1.54, 1.807) is 48.5 Å². The third-order valence-electron chi connectivity index (χ3n) is 4.95. The fourth-order valence-electron chi connectivity index (χ4n) is 3.78. The lowest BCUT2D eigenvalue weighted by molar-refractivity contribution is 0.0635. The second-order valence-electron chi connectivity index (χ2n) is 8.60. The number of nitrogens with zero attached hydrogens (tertiary/aromatic N) is 1. The molecule has 4 nitrogen and oxygen atoms in total. The van der Waals surface area contributed by atoms with E-state index in [4.69, 9.17) is 0 Å². The van der Waals surface area contributed by atoms with Gasteiger partial charge in [-0.05, 0) is 66.6 Å². The van der Waals surface area contributed by atoms with Crippen molar-refractivity contribution in [1.29, 1.82) is 0 Å². The summed E-state index contributed by atoms with van der Waals surface area (Å²) in [5.41, 5.74) is 0.327. The zero-order valence-corrected chi connectivity index (χ0v) is 17.6. The van der Waals surface area contributed by atoms with Gasteiger partial charge in [-0.15, -0.1) is 0 Å². The van der Waals surface area contributed by atoms with Crippen LogP contribution in [-0.2, 0) is 5.60 Å². The van der Waals surface area contributed by atoms with Gasteiger partial charge in [-0.25, -0.2) is 0 Å². The Morgan fingerprint density at radius 3 is 1.50 bits per heavy atom. The predicted octanol–water partition coefficient (Wildman–Crippen LogP) is 4.73. The Hall–Kier alpha value is -2.04. The Morgan fingerprint density at radius 1 is 0.750 bits per heavy atom. The summed E-state index contributed by atoms with van der Waals surface area (Å²) in [6.45, 7) is 12.0. The Bertz CT molecular complexity index is 652. The lowest BCUT2D eigenvalue weighted by atomic mass is 9.82. The van der Waals surface area contributed by atoms with Gasteiger partial charge in [-0.2, -0.15) is 0 Å². The van der Waals surface area contributed by atoms with Gasteiger partial charge in [-0.1, -0.05) is 52.0 Å². The zero-order chi connectivity index (χ0) is 20.7. The van der Waals surface area contributed by atoms with Crippen LogP contribution < -0.4 is 0 Å². The summed E-state index contributed by atoms with van der Waals surface area (Å²) in [4.78, 5) is 2.48. The zero-order valence-electron chi connectivity index (χ0n) is 17.6. The first-order valence-electron chi connectivity index (χ1n) is 10.2. The van der Waals surface area contributed by atoms with Crippen LogP contribution in [0.1, 0.15) is 51.7 Å². The number of benzene rings is 2. The van der Waals surface area contributed by atoms with Gasteiger partial charge in [0.15, 0.2) is 0 Å². The topological polar surface area (TPSA) is 63.9 Å². The van der Waals surface area contributed by atoms with Crippen LogP contribution in [0.4, 0.5) is 0 Å². The first kappa shape index (κ1) is 22.3. The second kappa shape index (κ2) is 9.94. The van der Waals surface area contributed by atoms with Gasteiger partial charge in [0.25, 0.3) is 0 Å². The molecule has 0 saturated carbocycles. The fourth-order valence-corrected chi connectivity index (χ4v) is 3.78. The highest BCUT2D eigenvalue weighted by molar-refractivity contribution is 5.40. The molecule has 0 aliphatic rings. The molecular formula is C24H35NO3. The lowest BCUT2D eigenvalue weighted by Crippen LogP contribution is -2.34. The Balaban J connectivity index is 2.20. The van der Waals surface area contributed by atoms with E-state index in [0.717, 1.165) is 37.2 Å². The fraction of sp³-hybridized carbons (Fsp3) is 0.500. The van der Waals surface area contributed by atoms with E-state index in [1.807, 2.05) is 0 Å². The maximum absolute atomic E-state index is 11.6. The van der Waals surface area contributed by atoms with Gasteiger partial charge in [0.2, 0.25) is 0 Å². The Labute approximate surface area is 169 Å². The van der Waals surface area contributed by atoms with Crippen LogP contribution in [0.3, 0.4) is 0 Å². The van der Waals surface area contributed by atoms with Gasteiger partial charge >= 0.3 is 0 Å². The molecule has 0 fully saturated rings. The maximum atomic E-state index is 11.6. The molecule has 154 valence electrons. The van der Waals surface area contributed by atoms with Crippen molar-refractivity contribution < 1.29 is 15.3 Å². The smallest absolute Gasteiger partial charge is 0.115 e. The van der Waals surface area contributed by atoms with E-state index in [2.05, 4.69) is 32.6 Å². The van der Waals surface area contributed by atoms with E-state index in [1.165, 1.54) is 0 Å². The van der Waals surface area contributed by atoms with E-state index >= 15 is 0 Å². The molecule has 2 aromatic rings. The molecule has 0 aliphatic heterocycles. The van der Waals surface area contributed by atoms with Gasteiger partial charge in [0.1, 0.15) is 17.1 Å². The summed E-state index contributed by atoms with van der Waals surface area (Å²) in [6.07, 6.45) is 1.41. The first-order valence-corrected chi connectivity index (χ1v) is 10.2. The number of phenols is 2. The summed E-state index contributed by atoms with van der Waals surface area (Å²) < 4.78 is 0. The van der Waals surface area contributed by atoms with Crippen molar-refractivity contribution in [3.05, 3.63) is 59.7 Å². The molecule has 2 rings (SSSR count). The van der Waals surface area contributed by atoms with Crippen molar-refractivity contribution in [1.82, 2.24) is 4.90 Å². The molecule has 0 bridgehead atoms. The van der Waals surface area contributed by atoms with Crippen LogP contribution in [0.5, 0.6) is 11.5 Å². The van der Waals surface area contributed by atoms with Crippen LogP contribution in [0.15, 0.2) is 48.5 Å². The van der Waals surface area contributed by atoms with Gasteiger partial charge < -0.3 is 20.2 Å². The van der Waals surface area contributed by atoms with E-state index in [-0.39, 0.29) is 11.5 Å². The molecule has 0 atom stereocenters. The predicted molar refractivity (Wildman–Crippen MR) is 115 cm³/mol. The Kier molecular flexibility index (Phi) is 7.90. The molecule has 0 saturated heterocycles. The van der Waals surface area contributed by atoms with E-state index in [9.17, 15) is 15.3 Å². The van der Waals surface area contributed by atoms with Crippen LogP contribution in [-0.4, -0.2) is 39.9 Å². The maximum Gasteiger partial charge on any atom is 0.115 e. The summed E-state index contributed by atoms with van der Waals surface area (Å²) in [5.74, 6) is 1.56. The molecule has 0 radical (unpaired) electrons. The van der Waals surface area contributed by atoms with Crippen molar-refractivity contribution in [2.75, 3.05) is 19.6 Å². The molecule has 0 aliphatic carbocycles. The normalized spacial score (nSPS) is 12.3. The molecular weight excluding hydrogens is 350 g/mol. The van der Waals surface area contributed by atoms with Crippen LogP contribution in [0.25, 0.3) is 0 Å². The number of hydrogen-bond acceptors (Lipinski definition) is 4. The van der Waals surface area contributed by atoms with Crippen molar-refractivity contribution >= 4 is 0 Å². The molecule has 4 heteroatoms. The number of aliphatic hydroxyl groups is 1. The van der Waals surface area contributed by atoms with Gasteiger partial charge in [0.05, 0.1) is 0 Å². The standard InChI is InChI=1S/C24H35NO3/c1-18(2)16-25(17-19(3)4)15-5-14-24(28,20-6-10-22(26)11-7-20)21-8-12-23(27)13-9-21/h6-13,18-19,26-28H,5,14-17H2,1-4H3. The minimum atomic E-state index is -1.16. The molecule has 0 aromatic heterocycles. The summed E-state index contributed by atoms with van der Waals surface area (Å²) >= 11 is 0. The third kappa shape index (κ3) is 6.25. The van der Waals surface area contributed by atoms with Crippen molar-refractivity contribution in [3.63, 3.8) is 0 Å². The van der Waals surface area contributed by atoms with Gasteiger partial charge in [0, 0.05) is 13.1 Å². The average molecular weight is 386 g/mol. The van der Waals surface area contributed by atoms with Crippen LogP contribution in [0, 0.1) is 11.8 Å². The molecule has 3 N–H and O–H groups in total. The molecule has 0 unspecified atom stereocenters. The second-order valence-corrected chi connectivity index (χ2v) is 8.60. The molecule has 0 amide bonds. The molecule has 0 spiro atoms. The number of aromatic hydroxyl groups is 2. The highest BCUT2D eigenvalue weighted by Gasteiger charge is 2.31. The largest absolute Gasteiger partial charge is 0.508 e. The summed E-state index contributed by atoms with van der Waals surface area (Å²) in [5, 5.41) is 30.9. The molecule has 0 heterocycles. The van der Waals surface area contributed by atoms with E-state index in [0.29, 0.717) is 18.3 Å². The number of hydrogen-bond donors (Lipinski definition) is 3. The van der Waals surface area contributed by atoms with Crippen LogP contribution >= 0.6 is 0 Å². The highest BCUT2D eigenvalue weighted by atomic mass is 16.3. The third-order valence-corrected chi connectivity index (χ3v) is 4.95. The first-order chi connectivity index (χ1) is 13.2. The van der Waals surface area contributed by atoms with Crippen LogP contribution in [0.2, 0.25) is 0 Å². The minimum absolute atomic E-state index is 0.178. The van der Waals surface area contributed by atoms with E-state index < -0.39 is 5.60 Å². The SMILES string of the molecule is CC(C)CN(CCCC(O)(c1ccc(O)cc1)c1ccc(O)cc1)CC(C)C. The number of phenolic OH excluding ortho intramolecular Hbond substituents is 2. The Morgan fingerprint density at radius 2 is 1.14 bits per heavy atom. The minimum Gasteiger partial charge on any atom is -0.508 e. The average Bonchev–Trinajstić information content (AvgIpc) is 2.61. The summed E-state index contributed by atoms with van der Waals surface area (Å²) in [6, 6.07) is 13.5. The number of rotatable bonds is 10. The van der Waals surface area contributed by atoms with Crippen molar-refractivity contribution in [2.45, 2.75) is 46.1 Å². The molecule has 28 heavy (non-hydrogen) atoms. The van der Waals surface area contributed by atoms with Gasteiger partial charge in [-0.3, -0.25) is 0 Å². The highest BCUT2D eigenvalue weighted by Crippen LogP contribution is 2.35. The lowest BCUT2D eigenvalue weighted by Gasteiger charge is -2.32. The summed E-state index contributed by atoms with van der Waals surface area (Å²) in [7, 11) is 0. The van der Waals surface area contributed by atoms with Crippen molar-refractivity contribution in [3.8, 4) is 11.5 Å². The quantitative estimate of drug-likeness (QED) is 0.553. The molecule has 2 aromatic carbocycles.